The van der Waals surface area contributed by atoms with Gasteiger partial charge in [-0.3, -0.25) is 0 Å². The van der Waals surface area contributed by atoms with E-state index in [2.05, 4.69) is 4.98 Å². The van der Waals surface area contributed by atoms with E-state index in [9.17, 15) is 13.9 Å². The molecule has 1 N–H and O–H groups in total. The average molecular weight is 238 g/mol. The van der Waals surface area contributed by atoms with Gasteiger partial charge in [-0.1, -0.05) is 6.07 Å². The van der Waals surface area contributed by atoms with Crippen molar-refractivity contribution >= 4 is 0 Å². The zero-order chi connectivity index (χ0) is 12.4. The van der Waals surface area contributed by atoms with Gasteiger partial charge in [0.15, 0.2) is 11.6 Å². The lowest BCUT2D eigenvalue weighted by atomic mass is 10.1. The quantitative estimate of drug-likeness (QED) is 0.890. The number of rotatable bonds is 3. The molecular weight excluding hydrogens is 226 g/mol. The summed E-state index contributed by atoms with van der Waals surface area (Å²) in [6, 6.07) is 3.32. The largest absolute Gasteiger partial charge is 0.380 e. The van der Waals surface area contributed by atoms with Crippen LogP contribution in [0.4, 0.5) is 8.78 Å². The summed E-state index contributed by atoms with van der Waals surface area (Å²) in [7, 11) is 0. The molecule has 5 heteroatoms. The van der Waals surface area contributed by atoms with E-state index in [0.29, 0.717) is 12.4 Å². The highest BCUT2D eigenvalue weighted by molar-refractivity contribution is 5.24. The minimum Gasteiger partial charge on any atom is -0.380 e. The predicted octanol–water partition coefficient (Wildman–Crippen LogP) is 2.26. The lowest BCUT2D eigenvalue weighted by Crippen LogP contribution is -2.09. The number of aliphatic hydroxyl groups is 1. The molecule has 0 saturated heterocycles. The maximum Gasteiger partial charge on any atom is 0.159 e. The lowest BCUT2D eigenvalue weighted by molar-refractivity contribution is 0.204. The van der Waals surface area contributed by atoms with Crippen LogP contribution in [0.5, 0.6) is 0 Å². The third-order valence-electron chi connectivity index (χ3n) is 2.59. The van der Waals surface area contributed by atoms with Crippen LogP contribution in [0.1, 0.15) is 24.4 Å². The molecule has 0 bridgehead atoms. The van der Waals surface area contributed by atoms with E-state index in [4.69, 9.17) is 0 Å². The first-order chi connectivity index (χ1) is 8.13. The summed E-state index contributed by atoms with van der Waals surface area (Å²) in [5.41, 5.74) is 0.282. The fraction of sp³-hybridized carbons (Fsp3) is 0.250. The number of benzene rings is 1. The van der Waals surface area contributed by atoms with Crippen molar-refractivity contribution in [1.82, 2.24) is 9.55 Å². The molecule has 1 unspecified atom stereocenters. The second-order valence-electron chi connectivity index (χ2n) is 3.65. The van der Waals surface area contributed by atoms with Crippen molar-refractivity contribution < 1.29 is 13.9 Å². The van der Waals surface area contributed by atoms with Crippen LogP contribution in [-0.4, -0.2) is 14.7 Å². The fourth-order valence-corrected chi connectivity index (χ4v) is 1.67. The Morgan fingerprint density at radius 3 is 2.76 bits per heavy atom. The molecule has 90 valence electrons. The first-order valence-electron chi connectivity index (χ1n) is 5.27. The summed E-state index contributed by atoms with van der Waals surface area (Å²) in [6.07, 6.45) is 2.22. The molecule has 0 aliphatic carbocycles. The van der Waals surface area contributed by atoms with E-state index in [0.717, 1.165) is 12.1 Å². The van der Waals surface area contributed by atoms with Gasteiger partial charge in [0.2, 0.25) is 0 Å². The lowest BCUT2D eigenvalue weighted by Gasteiger charge is -2.12. The second kappa shape index (κ2) is 4.63. The summed E-state index contributed by atoms with van der Waals surface area (Å²) in [5.74, 6) is -1.49. The van der Waals surface area contributed by atoms with Crippen molar-refractivity contribution in [3.05, 3.63) is 53.6 Å². The van der Waals surface area contributed by atoms with E-state index < -0.39 is 17.7 Å². The van der Waals surface area contributed by atoms with Gasteiger partial charge in [-0.15, -0.1) is 0 Å². The third kappa shape index (κ3) is 2.19. The maximum atomic E-state index is 13.1. The number of halogens is 2. The first-order valence-corrected chi connectivity index (χ1v) is 5.27. The van der Waals surface area contributed by atoms with Gasteiger partial charge in [-0.05, 0) is 24.6 Å². The van der Waals surface area contributed by atoms with Gasteiger partial charge in [0.25, 0.3) is 0 Å². The molecule has 1 aromatic heterocycles. The summed E-state index contributed by atoms with van der Waals surface area (Å²) < 4.78 is 27.6. The molecule has 2 aromatic rings. The van der Waals surface area contributed by atoms with Crippen LogP contribution in [-0.2, 0) is 6.54 Å². The molecule has 0 spiro atoms. The molecule has 0 aliphatic rings. The third-order valence-corrected chi connectivity index (χ3v) is 2.59. The summed E-state index contributed by atoms with van der Waals surface area (Å²) in [6.45, 7) is 2.55. The summed E-state index contributed by atoms with van der Waals surface area (Å²) in [5, 5.41) is 10.0. The van der Waals surface area contributed by atoms with Gasteiger partial charge < -0.3 is 9.67 Å². The Bertz CT molecular complexity index is 525. The molecule has 1 aromatic carbocycles. The number of hydrogen-bond acceptors (Lipinski definition) is 2. The first kappa shape index (κ1) is 11.7. The fourth-order valence-electron chi connectivity index (χ4n) is 1.67. The van der Waals surface area contributed by atoms with Crippen molar-refractivity contribution in [2.75, 3.05) is 0 Å². The average Bonchev–Trinajstić information content (AvgIpc) is 2.80. The van der Waals surface area contributed by atoms with Gasteiger partial charge in [0.1, 0.15) is 11.9 Å². The zero-order valence-electron chi connectivity index (χ0n) is 9.27. The molecule has 2 rings (SSSR count). The standard InChI is InChI=1S/C12H12F2N2O/c1-2-16-6-5-15-12(16)11(17)8-3-4-9(13)10(14)7-8/h3-7,11,17H,2H2,1H3. The minimum absolute atomic E-state index is 0.282. The Labute approximate surface area is 97.3 Å². The monoisotopic (exact) mass is 238 g/mol. The topological polar surface area (TPSA) is 38.0 Å². The summed E-state index contributed by atoms with van der Waals surface area (Å²) >= 11 is 0. The normalized spacial score (nSPS) is 12.7. The van der Waals surface area contributed by atoms with Crippen LogP contribution in [0.2, 0.25) is 0 Å². The Morgan fingerprint density at radius 2 is 2.12 bits per heavy atom. The van der Waals surface area contributed by atoms with Crippen LogP contribution in [0.15, 0.2) is 30.6 Å². The molecule has 0 saturated carbocycles. The molecular formula is C12H12F2N2O. The van der Waals surface area contributed by atoms with Crippen molar-refractivity contribution in [1.29, 1.82) is 0 Å². The second-order valence-corrected chi connectivity index (χ2v) is 3.65. The van der Waals surface area contributed by atoms with E-state index in [1.54, 1.807) is 17.0 Å². The van der Waals surface area contributed by atoms with Gasteiger partial charge in [0, 0.05) is 18.9 Å². The predicted molar refractivity (Wildman–Crippen MR) is 58.3 cm³/mol. The number of hydrogen-bond donors (Lipinski definition) is 1. The number of aliphatic hydroxyl groups excluding tert-OH is 1. The van der Waals surface area contributed by atoms with Gasteiger partial charge in [-0.2, -0.15) is 0 Å². The van der Waals surface area contributed by atoms with E-state index in [1.165, 1.54) is 6.07 Å². The van der Waals surface area contributed by atoms with Crippen LogP contribution in [0, 0.1) is 11.6 Å². The number of nitrogens with zero attached hydrogens (tertiary/aromatic N) is 2. The van der Waals surface area contributed by atoms with Crippen molar-refractivity contribution in [3.63, 3.8) is 0 Å². The number of imidazole rings is 1. The highest BCUT2D eigenvalue weighted by Crippen LogP contribution is 2.22. The molecule has 3 nitrogen and oxygen atoms in total. The number of aryl methyl sites for hydroxylation is 1. The SMILES string of the molecule is CCn1ccnc1C(O)c1ccc(F)c(F)c1. The van der Waals surface area contributed by atoms with Crippen LogP contribution < -0.4 is 0 Å². The molecule has 0 amide bonds. The van der Waals surface area contributed by atoms with Gasteiger partial charge in [-0.25, -0.2) is 13.8 Å². The van der Waals surface area contributed by atoms with E-state index >= 15 is 0 Å². The Morgan fingerprint density at radius 1 is 1.35 bits per heavy atom. The minimum atomic E-state index is -1.06. The van der Waals surface area contributed by atoms with Gasteiger partial charge in [0.05, 0.1) is 0 Å². The highest BCUT2D eigenvalue weighted by atomic mass is 19.2. The number of aromatic nitrogens is 2. The smallest absolute Gasteiger partial charge is 0.159 e. The molecule has 17 heavy (non-hydrogen) atoms. The Kier molecular flexibility index (Phi) is 3.19. The highest BCUT2D eigenvalue weighted by Gasteiger charge is 2.17. The van der Waals surface area contributed by atoms with E-state index in [1.807, 2.05) is 6.92 Å². The Hall–Kier alpha value is -1.75. The molecule has 0 fully saturated rings. The summed E-state index contributed by atoms with van der Waals surface area (Å²) in [4.78, 5) is 4.01. The van der Waals surface area contributed by atoms with Gasteiger partial charge >= 0.3 is 0 Å². The molecule has 0 aliphatic heterocycles. The molecule has 0 radical (unpaired) electrons. The van der Waals surface area contributed by atoms with Crippen LogP contribution >= 0.6 is 0 Å². The maximum absolute atomic E-state index is 13.1. The van der Waals surface area contributed by atoms with Crippen LogP contribution in [0.3, 0.4) is 0 Å². The van der Waals surface area contributed by atoms with Crippen molar-refractivity contribution in [2.45, 2.75) is 19.6 Å². The zero-order valence-corrected chi connectivity index (χ0v) is 9.27. The van der Waals surface area contributed by atoms with Crippen molar-refractivity contribution in [3.8, 4) is 0 Å². The van der Waals surface area contributed by atoms with Crippen LogP contribution in [0.25, 0.3) is 0 Å². The Balaban J connectivity index is 2.36. The molecule has 1 atom stereocenters. The van der Waals surface area contributed by atoms with Crippen molar-refractivity contribution in [2.24, 2.45) is 0 Å². The van der Waals surface area contributed by atoms with E-state index in [-0.39, 0.29) is 5.56 Å². The molecule has 1 heterocycles.